The minimum Gasteiger partial charge on any atom is -0.309 e. The monoisotopic (exact) mass is 208 g/mol. The summed E-state index contributed by atoms with van der Waals surface area (Å²) in [5, 5.41) is 3.19. The van der Waals surface area contributed by atoms with Crippen molar-refractivity contribution in [2.45, 2.75) is 0 Å². The SMILES string of the molecule is C=C/C=C(\N=C)Nc1nccc(Cl)n1. The maximum absolute atomic E-state index is 5.67. The average Bonchev–Trinajstić information content (AvgIpc) is 2.17. The second-order valence-electron chi connectivity index (χ2n) is 2.27. The fourth-order valence-corrected chi connectivity index (χ4v) is 0.893. The molecule has 0 radical (unpaired) electrons. The van der Waals surface area contributed by atoms with Crippen LogP contribution in [0.2, 0.25) is 5.15 Å². The highest BCUT2D eigenvalue weighted by Crippen LogP contribution is 2.08. The highest BCUT2D eigenvalue weighted by atomic mass is 35.5. The van der Waals surface area contributed by atoms with E-state index in [4.69, 9.17) is 11.6 Å². The Morgan fingerprint density at radius 1 is 1.64 bits per heavy atom. The van der Waals surface area contributed by atoms with Gasteiger partial charge in [0.2, 0.25) is 5.95 Å². The van der Waals surface area contributed by atoms with Gasteiger partial charge >= 0.3 is 0 Å². The number of anilines is 1. The molecule has 0 saturated carbocycles. The smallest absolute Gasteiger partial charge is 0.229 e. The quantitative estimate of drug-likeness (QED) is 0.469. The van der Waals surface area contributed by atoms with E-state index in [0.29, 0.717) is 16.9 Å². The summed E-state index contributed by atoms with van der Waals surface area (Å²) >= 11 is 5.67. The molecule has 1 aromatic rings. The molecule has 4 nitrogen and oxygen atoms in total. The highest BCUT2D eigenvalue weighted by molar-refractivity contribution is 6.29. The van der Waals surface area contributed by atoms with Crippen molar-refractivity contribution >= 4 is 24.3 Å². The lowest BCUT2D eigenvalue weighted by Gasteiger charge is -2.02. The van der Waals surface area contributed by atoms with Gasteiger partial charge in [0.1, 0.15) is 11.0 Å². The van der Waals surface area contributed by atoms with Crippen molar-refractivity contribution in [2.24, 2.45) is 4.99 Å². The Labute approximate surface area is 87.1 Å². The van der Waals surface area contributed by atoms with E-state index in [9.17, 15) is 0 Å². The second-order valence-corrected chi connectivity index (χ2v) is 2.66. The average molecular weight is 209 g/mol. The predicted octanol–water partition coefficient (Wildman–Crippen LogP) is 2.27. The molecule has 1 N–H and O–H groups in total. The van der Waals surface area contributed by atoms with Gasteiger partial charge in [-0.2, -0.15) is 0 Å². The lowest BCUT2D eigenvalue weighted by molar-refractivity contribution is 1.13. The molecule has 0 atom stereocenters. The fourth-order valence-electron chi connectivity index (χ4n) is 0.757. The number of rotatable bonds is 4. The highest BCUT2D eigenvalue weighted by Gasteiger charge is 1.97. The van der Waals surface area contributed by atoms with Crippen LogP contribution in [0.3, 0.4) is 0 Å². The van der Waals surface area contributed by atoms with Crippen molar-refractivity contribution in [3.05, 3.63) is 42.0 Å². The van der Waals surface area contributed by atoms with E-state index < -0.39 is 0 Å². The Hall–Kier alpha value is -1.68. The van der Waals surface area contributed by atoms with Crippen LogP contribution in [0.5, 0.6) is 0 Å². The molecular formula is C9H9ClN4. The molecule has 1 heterocycles. The van der Waals surface area contributed by atoms with Crippen molar-refractivity contribution in [1.82, 2.24) is 9.97 Å². The zero-order valence-electron chi connectivity index (χ0n) is 7.44. The molecule has 0 saturated heterocycles. The lowest BCUT2D eigenvalue weighted by Crippen LogP contribution is -2.00. The van der Waals surface area contributed by atoms with E-state index in [1.54, 1.807) is 24.4 Å². The molecule has 0 aliphatic heterocycles. The van der Waals surface area contributed by atoms with Crippen LogP contribution in [0, 0.1) is 0 Å². The maximum atomic E-state index is 5.67. The van der Waals surface area contributed by atoms with Crippen LogP contribution in [0.15, 0.2) is 41.8 Å². The number of aromatic nitrogens is 2. The summed E-state index contributed by atoms with van der Waals surface area (Å²) in [6.45, 7) is 6.92. The van der Waals surface area contributed by atoms with Crippen molar-refractivity contribution in [3.8, 4) is 0 Å². The summed E-state index contributed by atoms with van der Waals surface area (Å²) in [6, 6.07) is 1.59. The topological polar surface area (TPSA) is 50.2 Å². The molecule has 0 fully saturated rings. The summed E-state index contributed by atoms with van der Waals surface area (Å²) < 4.78 is 0. The molecule has 0 unspecified atom stereocenters. The molecule has 1 aromatic heterocycles. The molecule has 0 amide bonds. The van der Waals surface area contributed by atoms with Crippen LogP contribution in [0.1, 0.15) is 0 Å². The third-order valence-electron chi connectivity index (χ3n) is 1.31. The van der Waals surface area contributed by atoms with E-state index in [1.807, 2.05) is 0 Å². The number of aliphatic imine (C=N–C) groups is 1. The van der Waals surface area contributed by atoms with Crippen molar-refractivity contribution < 1.29 is 0 Å². The van der Waals surface area contributed by atoms with E-state index in [1.165, 1.54) is 0 Å². The van der Waals surface area contributed by atoms with E-state index >= 15 is 0 Å². The molecule has 5 heteroatoms. The second kappa shape index (κ2) is 5.14. The van der Waals surface area contributed by atoms with Gasteiger partial charge in [-0.05, 0) is 18.9 Å². The van der Waals surface area contributed by atoms with E-state index in [2.05, 4.69) is 33.6 Å². The number of hydrogen-bond acceptors (Lipinski definition) is 4. The van der Waals surface area contributed by atoms with Gasteiger partial charge in [-0.25, -0.2) is 15.0 Å². The summed E-state index contributed by atoms with van der Waals surface area (Å²) in [6.07, 6.45) is 4.78. The van der Waals surface area contributed by atoms with Crippen molar-refractivity contribution in [1.29, 1.82) is 0 Å². The largest absolute Gasteiger partial charge is 0.309 e. The van der Waals surface area contributed by atoms with Crippen LogP contribution in [-0.4, -0.2) is 16.7 Å². The van der Waals surface area contributed by atoms with Gasteiger partial charge in [0.05, 0.1) is 0 Å². The fraction of sp³-hybridized carbons (Fsp3) is 0. The molecule has 0 aliphatic rings. The molecule has 1 rings (SSSR count). The van der Waals surface area contributed by atoms with Crippen LogP contribution in [-0.2, 0) is 0 Å². The first-order chi connectivity index (χ1) is 6.76. The summed E-state index contributed by atoms with van der Waals surface area (Å²) in [4.78, 5) is 11.6. The van der Waals surface area contributed by atoms with Gasteiger partial charge in [0.15, 0.2) is 0 Å². The third-order valence-corrected chi connectivity index (χ3v) is 1.52. The molecule has 0 bridgehead atoms. The third kappa shape index (κ3) is 2.99. The zero-order chi connectivity index (χ0) is 10.4. The Bertz CT molecular complexity index is 373. The standard InChI is InChI=1S/C9H9ClN4/c1-3-4-8(11-2)14-9-12-6-5-7(10)13-9/h3-6H,1-2H2,(H,12,13,14)/b8-4+. The molecule has 0 aliphatic carbocycles. The predicted molar refractivity (Wildman–Crippen MR) is 58.5 cm³/mol. The van der Waals surface area contributed by atoms with Crippen LogP contribution >= 0.6 is 11.6 Å². The normalized spacial score (nSPS) is 10.8. The number of nitrogens with zero attached hydrogens (tertiary/aromatic N) is 3. The van der Waals surface area contributed by atoms with E-state index in [0.717, 1.165) is 0 Å². The number of halogens is 1. The Kier molecular flexibility index (Phi) is 3.82. The first-order valence-corrected chi connectivity index (χ1v) is 4.19. The first-order valence-electron chi connectivity index (χ1n) is 3.81. The number of allylic oxidation sites excluding steroid dienone is 2. The summed E-state index contributed by atoms with van der Waals surface area (Å²) in [5.74, 6) is 0.889. The minimum absolute atomic E-state index is 0.365. The lowest BCUT2D eigenvalue weighted by atomic mass is 10.5. The Morgan fingerprint density at radius 2 is 2.43 bits per heavy atom. The van der Waals surface area contributed by atoms with Gasteiger partial charge in [0.25, 0.3) is 0 Å². The molecule has 0 aromatic carbocycles. The zero-order valence-corrected chi connectivity index (χ0v) is 8.20. The van der Waals surface area contributed by atoms with E-state index in [-0.39, 0.29) is 0 Å². The molecular weight excluding hydrogens is 200 g/mol. The van der Waals surface area contributed by atoms with Gasteiger partial charge in [-0.15, -0.1) is 0 Å². The summed E-state index contributed by atoms with van der Waals surface area (Å²) in [7, 11) is 0. The summed E-state index contributed by atoms with van der Waals surface area (Å²) in [5.41, 5.74) is 0. The van der Waals surface area contributed by atoms with Gasteiger partial charge < -0.3 is 5.32 Å². The maximum Gasteiger partial charge on any atom is 0.229 e. The first kappa shape index (κ1) is 10.4. The molecule has 14 heavy (non-hydrogen) atoms. The number of hydrogen-bond donors (Lipinski definition) is 1. The Balaban J connectivity index is 2.82. The molecule has 0 spiro atoms. The van der Waals surface area contributed by atoms with Crippen LogP contribution in [0.4, 0.5) is 5.95 Å². The van der Waals surface area contributed by atoms with Crippen molar-refractivity contribution in [2.75, 3.05) is 5.32 Å². The van der Waals surface area contributed by atoms with Gasteiger partial charge in [0, 0.05) is 6.20 Å². The minimum atomic E-state index is 0.365. The molecule has 72 valence electrons. The van der Waals surface area contributed by atoms with Gasteiger partial charge in [-0.1, -0.05) is 24.3 Å². The van der Waals surface area contributed by atoms with Crippen LogP contribution in [0.25, 0.3) is 0 Å². The Morgan fingerprint density at radius 3 is 3.00 bits per heavy atom. The van der Waals surface area contributed by atoms with Crippen LogP contribution < -0.4 is 5.32 Å². The number of nitrogens with one attached hydrogen (secondary N) is 1. The van der Waals surface area contributed by atoms with Gasteiger partial charge in [-0.3, -0.25) is 0 Å². The van der Waals surface area contributed by atoms with Crippen molar-refractivity contribution in [3.63, 3.8) is 0 Å².